The van der Waals surface area contributed by atoms with Crippen LogP contribution in [0.5, 0.6) is 0 Å². The number of carbonyl (C=O) groups is 1. The Balaban J connectivity index is 2.18. The van der Waals surface area contributed by atoms with Crippen molar-refractivity contribution in [3.63, 3.8) is 0 Å². The van der Waals surface area contributed by atoms with Gasteiger partial charge in [0.2, 0.25) is 0 Å². The molecule has 0 aliphatic heterocycles. The minimum atomic E-state index is -1.23. The molecule has 3 unspecified atom stereocenters. The first-order valence-electron chi connectivity index (χ1n) is 7.73. The van der Waals surface area contributed by atoms with Crippen LogP contribution in [-0.4, -0.2) is 31.6 Å². The number of fused-ring (bicyclic) bond motifs is 1. The smallest absolute Gasteiger partial charge is 0.269 e. The maximum absolute atomic E-state index is 12.3. The summed E-state index contributed by atoms with van der Waals surface area (Å²) in [5, 5.41) is 28.9. The van der Waals surface area contributed by atoms with Crippen molar-refractivity contribution in [2.75, 3.05) is 0 Å². The monoisotopic (exact) mass is 329 g/mol. The lowest BCUT2D eigenvalue weighted by Crippen LogP contribution is -2.48. The topological polar surface area (TPSA) is 109 Å². The number of aromatic amines is 1. The quantitative estimate of drug-likeness (QED) is 0.663. The number of nitrogens with one attached hydrogen (secondary N) is 1. The maximum atomic E-state index is 12.3. The summed E-state index contributed by atoms with van der Waals surface area (Å²) in [6, 6.07) is 6.14. The molecule has 3 atom stereocenters. The van der Waals surface area contributed by atoms with Crippen molar-refractivity contribution in [2.24, 2.45) is 5.92 Å². The zero-order valence-electron chi connectivity index (χ0n) is 13.7. The van der Waals surface area contributed by atoms with Crippen LogP contribution in [-0.2, 0) is 11.2 Å². The third-order valence-electron chi connectivity index (χ3n) is 4.81. The Morgan fingerprint density at radius 2 is 2.04 bits per heavy atom. The van der Waals surface area contributed by atoms with Crippen molar-refractivity contribution in [1.29, 1.82) is 0 Å². The predicted octanol–water partition coefficient (Wildman–Crippen LogP) is 2.27. The first-order chi connectivity index (χ1) is 11.2. The molecule has 1 aromatic heterocycles. The van der Waals surface area contributed by atoms with E-state index >= 15 is 0 Å². The number of benzene rings is 1. The van der Waals surface area contributed by atoms with Crippen molar-refractivity contribution >= 4 is 11.5 Å². The summed E-state index contributed by atoms with van der Waals surface area (Å²) in [7, 11) is 0. The zero-order chi connectivity index (χ0) is 17.6. The highest BCUT2D eigenvalue weighted by atomic mass is 16.6. The van der Waals surface area contributed by atoms with Gasteiger partial charge >= 0.3 is 0 Å². The summed E-state index contributed by atoms with van der Waals surface area (Å²) in [5.74, 6) is -1.14. The Hall–Kier alpha value is -2.54. The summed E-state index contributed by atoms with van der Waals surface area (Å²) >= 11 is 0. The van der Waals surface area contributed by atoms with Gasteiger partial charge < -0.3 is 5.11 Å². The molecule has 24 heavy (non-hydrogen) atoms. The fraction of sp³-hybridized carbons (Fsp3) is 0.412. The number of H-pyrrole nitrogens is 1. The number of aryl methyl sites for hydroxylation is 1. The maximum Gasteiger partial charge on any atom is 0.269 e. The highest BCUT2D eigenvalue weighted by Crippen LogP contribution is 2.46. The van der Waals surface area contributed by atoms with Gasteiger partial charge in [0.05, 0.1) is 22.1 Å². The molecule has 7 nitrogen and oxygen atoms in total. The second kappa shape index (κ2) is 5.52. The number of nitro groups is 1. The second-order valence-electron chi connectivity index (χ2n) is 6.66. The number of aromatic nitrogens is 2. The number of rotatable bonds is 3. The molecule has 3 rings (SSSR count). The fourth-order valence-corrected chi connectivity index (χ4v) is 3.85. The van der Waals surface area contributed by atoms with Crippen molar-refractivity contribution < 1.29 is 14.8 Å². The molecule has 0 saturated heterocycles. The molecule has 1 heterocycles. The number of hydrogen-bond acceptors (Lipinski definition) is 5. The number of nitro benzene ring substituents is 1. The molecule has 1 aliphatic rings. The van der Waals surface area contributed by atoms with E-state index in [1.807, 2.05) is 6.92 Å². The molecule has 0 radical (unpaired) electrons. The number of Topliss-reactive ketones (excluding diaryl/α,β-unsaturated/α-hetero) is 1. The second-order valence-corrected chi connectivity index (χ2v) is 6.66. The molecule has 0 bridgehead atoms. The largest absolute Gasteiger partial charge is 0.389 e. The fourth-order valence-electron chi connectivity index (χ4n) is 3.85. The molecule has 1 aliphatic carbocycles. The van der Waals surface area contributed by atoms with E-state index in [-0.39, 0.29) is 17.4 Å². The van der Waals surface area contributed by atoms with Gasteiger partial charge in [-0.2, -0.15) is 5.10 Å². The summed E-state index contributed by atoms with van der Waals surface area (Å²) in [6.07, 6.45) is 0.292. The van der Waals surface area contributed by atoms with Crippen LogP contribution in [0.4, 0.5) is 5.69 Å². The predicted molar refractivity (Wildman–Crippen MR) is 86.8 cm³/mol. The molecule has 126 valence electrons. The van der Waals surface area contributed by atoms with Crippen LogP contribution in [0.15, 0.2) is 24.3 Å². The molecular weight excluding hydrogens is 310 g/mol. The van der Waals surface area contributed by atoms with Crippen molar-refractivity contribution in [3.05, 3.63) is 56.9 Å². The third-order valence-corrected chi connectivity index (χ3v) is 4.81. The Bertz CT molecular complexity index is 808. The molecular formula is C17H19N3O4. The van der Waals surface area contributed by atoms with E-state index in [9.17, 15) is 20.0 Å². The number of aliphatic hydroxyl groups is 1. The van der Waals surface area contributed by atoms with Gasteiger partial charge in [0.25, 0.3) is 5.69 Å². The first kappa shape index (κ1) is 16.3. The lowest BCUT2D eigenvalue weighted by Gasteiger charge is -2.41. The van der Waals surface area contributed by atoms with E-state index < -0.39 is 16.4 Å². The summed E-state index contributed by atoms with van der Waals surface area (Å²) < 4.78 is 0. The SMILES string of the molecule is CC(=O)C1C(c2ccc([N+](=O)[O-])cc2)c2c(n[nH]c2C)CC1(C)O. The van der Waals surface area contributed by atoms with Gasteiger partial charge in [-0.15, -0.1) is 0 Å². The molecule has 0 fully saturated rings. The standard InChI is InChI=1S/C17H19N3O4/c1-9-14-13(19-18-9)8-17(3,22)16(10(2)21)15(14)11-4-6-12(7-5-11)20(23)24/h4-7,15-16,22H,8H2,1-3H3,(H,18,19). The van der Waals surface area contributed by atoms with Crippen molar-refractivity contribution in [3.8, 4) is 0 Å². The Kier molecular flexibility index (Phi) is 3.76. The van der Waals surface area contributed by atoms with Crippen LogP contribution < -0.4 is 0 Å². The molecule has 2 N–H and O–H groups in total. The van der Waals surface area contributed by atoms with Gasteiger partial charge in [-0.25, -0.2) is 0 Å². The van der Waals surface area contributed by atoms with E-state index in [2.05, 4.69) is 10.2 Å². The number of carbonyl (C=O) groups excluding carboxylic acids is 1. The van der Waals surface area contributed by atoms with Crippen LogP contribution in [0, 0.1) is 23.0 Å². The van der Waals surface area contributed by atoms with Gasteiger partial charge in [-0.05, 0) is 26.3 Å². The third kappa shape index (κ3) is 2.50. The van der Waals surface area contributed by atoms with Crippen LogP contribution in [0.2, 0.25) is 0 Å². The lowest BCUT2D eigenvalue weighted by atomic mass is 9.64. The van der Waals surface area contributed by atoms with Gasteiger partial charge in [-0.1, -0.05) is 12.1 Å². The highest BCUT2D eigenvalue weighted by Gasteiger charge is 2.48. The molecule has 7 heteroatoms. The molecule has 0 saturated carbocycles. The van der Waals surface area contributed by atoms with Gasteiger partial charge in [0, 0.05) is 35.7 Å². The Morgan fingerprint density at radius 3 is 2.58 bits per heavy atom. The first-order valence-corrected chi connectivity index (χ1v) is 7.73. The van der Waals surface area contributed by atoms with Crippen LogP contribution >= 0.6 is 0 Å². The van der Waals surface area contributed by atoms with Crippen molar-refractivity contribution in [1.82, 2.24) is 10.2 Å². The van der Waals surface area contributed by atoms with E-state index in [0.29, 0.717) is 6.42 Å². The van der Waals surface area contributed by atoms with E-state index in [0.717, 1.165) is 22.5 Å². The Labute approximate surface area is 138 Å². The summed E-state index contributed by atoms with van der Waals surface area (Å²) in [5.41, 5.74) is 1.99. The normalized spacial score (nSPS) is 26.0. The minimum Gasteiger partial charge on any atom is -0.389 e. The average Bonchev–Trinajstić information content (AvgIpc) is 2.85. The van der Waals surface area contributed by atoms with E-state index in [1.165, 1.54) is 19.1 Å². The number of hydrogen-bond donors (Lipinski definition) is 2. The summed E-state index contributed by atoms with van der Waals surface area (Å²) in [6.45, 7) is 4.99. The summed E-state index contributed by atoms with van der Waals surface area (Å²) in [4.78, 5) is 22.7. The Morgan fingerprint density at radius 1 is 1.42 bits per heavy atom. The van der Waals surface area contributed by atoms with Gasteiger partial charge in [0.15, 0.2) is 0 Å². The van der Waals surface area contributed by atoms with Crippen molar-refractivity contribution in [2.45, 2.75) is 38.7 Å². The molecule has 2 aromatic rings. The minimum absolute atomic E-state index is 0.00941. The molecule has 1 aromatic carbocycles. The van der Waals surface area contributed by atoms with E-state index in [4.69, 9.17) is 0 Å². The van der Waals surface area contributed by atoms with Crippen LogP contribution in [0.25, 0.3) is 0 Å². The number of ketones is 1. The average molecular weight is 329 g/mol. The number of nitrogens with zero attached hydrogens (tertiary/aromatic N) is 2. The molecule has 0 amide bonds. The van der Waals surface area contributed by atoms with Gasteiger partial charge in [0.1, 0.15) is 5.78 Å². The van der Waals surface area contributed by atoms with E-state index in [1.54, 1.807) is 19.1 Å². The highest BCUT2D eigenvalue weighted by molar-refractivity contribution is 5.82. The zero-order valence-corrected chi connectivity index (χ0v) is 13.7. The van der Waals surface area contributed by atoms with Gasteiger partial charge in [-0.3, -0.25) is 20.0 Å². The van der Waals surface area contributed by atoms with Crippen LogP contribution in [0.1, 0.15) is 42.3 Å². The molecule has 0 spiro atoms. The van der Waals surface area contributed by atoms with Crippen LogP contribution in [0.3, 0.4) is 0 Å². The number of non-ortho nitro benzene ring substituents is 1. The lowest BCUT2D eigenvalue weighted by molar-refractivity contribution is -0.384.